The van der Waals surface area contributed by atoms with E-state index in [2.05, 4.69) is 0 Å². The van der Waals surface area contributed by atoms with Crippen LogP contribution in [-0.4, -0.2) is 157 Å². The van der Waals surface area contributed by atoms with Crippen molar-refractivity contribution in [1.82, 2.24) is 19.6 Å². The van der Waals surface area contributed by atoms with Gasteiger partial charge < -0.3 is 49.4 Å². The van der Waals surface area contributed by atoms with Crippen molar-refractivity contribution in [3.05, 3.63) is 0 Å². The maximum Gasteiger partial charge on any atom is 0.354 e. The van der Waals surface area contributed by atoms with Crippen molar-refractivity contribution in [3.8, 4) is 0 Å². The van der Waals surface area contributed by atoms with Crippen molar-refractivity contribution in [2.75, 3.05) is 65.4 Å². The van der Waals surface area contributed by atoms with Gasteiger partial charge in [-0.15, -0.1) is 0 Å². The summed E-state index contributed by atoms with van der Waals surface area (Å²) in [4.78, 5) is 103. The summed E-state index contributed by atoms with van der Waals surface area (Å²) in [5, 5.41) is 18.4. The first-order valence-corrected chi connectivity index (χ1v) is 17.3. The van der Waals surface area contributed by atoms with Gasteiger partial charge in [0.15, 0.2) is 0 Å². The number of hydrogen-bond acceptors (Lipinski definition) is 10. The smallest absolute Gasteiger partial charge is 0.354 e. The molecule has 0 aliphatic carbocycles. The molecule has 1 heterocycles. The van der Waals surface area contributed by atoms with E-state index < -0.39 is 92.6 Å². The fraction of sp³-hybridized carbons (Fsp3) is 0.857. The Bertz CT molecular complexity index is 898. The molecule has 0 aromatic heterocycles. The first-order valence-electron chi connectivity index (χ1n) is 10.6. The van der Waals surface area contributed by atoms with E-state index >= 15 is 0 Å². The van der Waals surface area contributed by atoms with Crippen molar-refractivity contribution >= 4 is 42.3 Å². The molecule has 1 aliphatic heterocycles. The third-order valence-corrected chi connectivity index (χ3v) is 12.7. The Hall–Kier alpha value is -0.620. The van der Waals surface area contributed by atoms with Gasteiger partial charge in [0, 0.05) is 52.4 Å². The van der Waals surface area contributed by atoms with Crippen LogP contribution in [0.5, 0.6) is 0 Å². The van der Waals surface area contributed by atoms with E-state index in [4.69, 9.17) is 0 Å². The lowest BCUT2D eigenvalue weighted by Gasteiger charge is -2.38. The predicted molar refractivity (Wildman–Crippen MR) is 127 cm³/mol. The molecule has 0 spiro atoms. The van der Waals surface area contributed by atoms with E-state index in [-0.39, 0.29) is 26.2 Å². The molecule has 10 N–H and O–H groups in total. The molecule has 0 atom stereocenters. The number of hydrogen-bond donors (Lipinski definition) is 10. The van der Waals surface area contributed by atoms with E-state index in [1.54, 1.807) is 0 Å². The van der Waals surface area contributed by atoms with E-state index in [1.165, 1.54) is 9.80 Å². The van der Waals surface area contributed by atoms with E-state index in [9.17, 15) is 77.2 Å². The van der Waals surface area contributed by atoms with Crippen LogP contribution in [0.4, 0.5) is 0 Å². The second kappa shape index (κ2) is 13.8. The number of rotatable bonds is 10. The molecule has 0 saturated carbocycles. The van der Waals surface area contributed by atoms with Crippen LogP contribution in [-0.2, 0) is 27.8 Å². The minimum Gasteiger partial charge on any atom is -0.480 e. The van der Waals surface area contributed by atoms with Crippen LogP contribution in [0.2, 0.25) is 0 Å². The van der Waals surface area contributed by atoms with Crippen LogP contribution in [0.25, 0.3) is 0 Å². The van der Waals surface area contributed by atoms with Crippen molar-refractivity contribution < 1.29 is 77.2 Å². The Balaban J connectivity index is 3.57. The molecular formula is C14H32N4O16P4. The Morgan fingerprint density at radius 1 is 0.500 bits per heavy atom. The maximum atomic E-state index is 12.0. The quantitative estimate of drug-likeness (QED) is 0.105. The summed E-state index contributed by atoms with van der Waals surface area (Å²) in [6, 6.07) is 0. The molecule has 1 aliphatic rings. The average molecular weight is 636 g/mol. The Morgan fingerprint density at radius 2 is 0.711 bits per heavy atom. The van der Waals surface area contributed by atoms with E-state index in [0.29, 0.717) is 9.80 Å². The molecule has 0 radical (unpaired) electrons. The second-order valence-electron chi connectivity index (χ2n) is 8.46. The van der Waals surface area contributed by atoms with E-state index in [0.717, 1.165) is 0 Å². The number of carboxylic acid groups (broad SMARTS) is 2. The highest BCUT2D eigenvalue weighted by atomic mass is 31.2. The van der Waals surface area contributed by atoms with Crippen molar-refractivity contribution in [1.29, 1.82) is 0 Å². The highest BCUT2D eigenvalue weighted by molar-refractivity contribution is 7.71. The number of nitrogens with zero attached hydrogens (tertiary/aromatic N) is 4. The molecule has 0 aromatic rings. The Labute approximate surface area is 216 Å². The van der Waals surface area contributed by atoms with Gasteiger partial charge in [0.2, 0.25) is 11.0 Å². The van der Waals surface area contributed by atoms with Gasteiger partial charge in [-0.1, -0.05) is 0 Å². The molecular weight excluding hydrogens is 604 g/mol. The number of aliphatic carboxylic acids is 2. The van der Waals surface area contributed by atoms with Crippen LogP contribution < -0.4 is 0 Å². The fourth-order valence-electron chi connectivity index (χ4n) is 3.93. The van der Waals surface area contributed by atoms with Gasteiger partial charge in [-0.25, -0.2) is 0 Å². The summed E-state index contributed by atoms with van der Waals surface area (Å²) in [5.41, 5.74) is -5.50. The lowest BCUT2D eigenvalue weighted by Crippen LogP contribution is -2.51. The van der Waals surface area contributed by atoms with Crippen LogP contribution in [0.15, 0.2) is 0 Å². The molecule has 224 valence electrons. The van der Waals surface area contributed by atoms with E-state index in [1.807, 2.05) is 0 Å². The third-order valence-electron chi connectivity index (χ3n) is 5.39. The minimum atomic E-state index is -5.60. The highest BCUT2D eigenvalue weighted by Crippen LogP contribution is 2.62. The van der Waals surface area contributed by atoms with Crippen LogP contribution >= 0.6 is 30.4 Å². The van der Waals surface area contributed by atoms with Crippen LogP contribution in [0, 0.1) is 0 Å². The fourth-order valence-corrected chi connectivity index (χ4v) is 9.69. The van der Waals surface area contributed by atoms with Crippen molar-refractivity contribution in [2.24, 2.45) is 0 Å². The summed E-state index contributed by atoms with van der Waals surface area (Å²) in [5.74, 6) is -2.65. The van der Waals surface area contributed by atoms with Crippen molar-refractivity contribution in [2.45, 2.75) is 11.0 Å². The van der Waals surface area contributed by atoms with Gasteiger partial charge in [0.05, 0.1) is 13.1 Å². The van der Waals surface area contributed by atoms with Gasteiger partial charge >= 0.3 is 42.3 Å². The van der Waals surface area contributed by atoms with Gasteiger partial charge in [0.1, 0.15) is 0 Å². The average Bonchev–Trinajstić information content (AvgIpc) is 2.64. The van der Waals surface area contributed by atoms with Gasteiger partial charge in [-0.2, -0.15) is 0 Å². The van der Waals surface area contributed by atoms with Crippen LogP contribution in [0.3, 0.4) is 0 Å². The minimum absolute atomic E-state index is 0.162. The molecule has 38 heavy (non-hydrogen) atoms. The SMILES string of the molecule is O=C(O)CN1CCN(CC(=O)O)CCN(C(P(=O)(O)O)P(=O)(O)O)CCN(C(P(=O)(O)O)P(=O)(O)O)CC1. The molecule has 0 aromatic carbocycles. The summed E-state index contributed by atoms with van der Waals surface area (Å²) < 4.78 is 48.1. The number of carboxylic acids is 2. The standard InChI is InChI=1S/C14H32N4O16P4/c19-11(20)9-15-1-2-16(10-12(21)22)4-6-18(14(37(29,30)31)38(32,33)34)8-7-17(5-3-15)13(35(23,24)25)36(26,27)28/h13-14H,1-10H2,(H,19,20)(H,21,22)(H2,23,24,25)(H2,26,27,28)(H2,29,30,31)(H2,32,33,34). The first-order chi connectivity index (χ1) is 17.0. The van der Waals surface area contributed by atoms with Crippen LogP contribution in [0.1, 0.15) is 0 Å². The Kier molecular flexibility index (Phi) is 12.9. The monoisotopic (exact) mass is 636 g/mol. The lowest BCUT2D eigenvalue weighted by atomic mass is 10.3. The predicted octanol–water partition coefficient (Wildman–Crippen LogP) is -3.34. The van der Waals surface area contributed by atoms with Crippen molar-refractivity contribution in [3.63, 3.8) is 0 Å². The zero-order valence-corrected chi connectivity index (χ0v) is 23.3. The first kappa shape index (κ1) is 35.4. The molecule has 24 heteroatoms. The van der Waals surface area contributed by atoms with Gasteiger partial charge in [-0.05, 0) is 0 Å². The summed E-state index contributed by atoms with van der Waals surface area (Å²) in [6.07, 6.45) is 0. The molecule has 0 amide bonds. The third kappa shape index (κ3) is 11.9. The zero-order valence-electron chi connectivity index (χ0n) is 19.7. The molecule has 0 unspecified atom stereocenters. The van der Waals surface area contributed by atoms with Gasteiger partial charge in [0.25, 0.3) is 0 Å². The number of carbonyl (C=O) groups is 2. The Morgan fingerprint density at radius 3 is 0.921 bits per heavy atom. The van der Waals surface area contributed by atoms with Gasteiger partial charge in [-0.3, -0.25) is 47.4 Å². The highest BCUT2D eigenvalue weighted by Gasteiger charge is 2.50. The molecule has 1 fully saturated rings. The summed E-state index contributed by atoms with van der Waals surface area (Å²) in [6.45, 7) is -5.09. The zero-order chi connectivity index (χ0) is 29.7. The maximum absolute atomic E-state index is 12.0. The lowest BCUT2D eigenvalue weighted by molar-refractivity contribution is -0.140. The topological polar surface area (TPSA) is 318 Å². The molecule has 1 rings (SSSR count). The molecule has 20 nitrogen and oxygen atoms in total. The largest absolute Gasteiger partial charge is 0.480 e. The molecule has 1 saturated heterocycles. The summed E-state index contributed by atoms with van der Waals surface area (Å²) in [7, 11) is -22.4. The molecule has 0 bridgehead atoms. The summed E-state index contributed by atoms with van der Waals surface area (Å²) >= 11 is 0. The second-order valence-corrected chi connectivity index (χ2v) is 15.9. The normalized spacial score (nSPS) is 19.8.